The Bertz CT molecular complexity index is 1250. The molecule has 2 rings (SSSR count). The molecule has 1 saturated heterocycles. The molecular formula is C42H70N2O8. The lowest BCUT2D eigenvalue weighted by atomic mass is 9.86. The molecule has 10 nitrogen and oxygen atoms in total. The molecule has 1 fully saturated rings. The number of rotatable bonds is 24. The Morgan fingerprint density at radius 3 is 2.23 bits per heavy atom. The van der Waals surface area contributed by atoms with Gasteiger partial charge in [0.25, 0.3) is 0 Å². The molecule has 1 heterocycles. The fraction of sp³-hybridized carbons (Fsp3) is 0.690. The van der Waals surface area contributed by atoms with Gasteiger partial charge in [0.1, 0.15) is 6.10 Å². The van der Waals surface area contributed by atoms with Crippen LogP contribution in [0.4, 0.5) is 5.69 Å². The van der Waals surface area contributed by atoms with E-state index in [4.69, 9.17) is 9.84 Å². The SMILES string of the molecule is CC[C@H](OC)[C@@H](C)CC[C@H](O)C(NCc1ccc(N2CCCCC2)cc1)C(C)(O)/C=C/C=C(\C)C[C@@H](C)/C=C/[C@H](O)[C@](C)(O)CC[C@@H](O)CC(=O)O. The normalized spacial score (nSPS) is 20.9. The summed E-state index contributed by atoms with van der Waals surface area (Å²) in [5.41, 5.74) is 0.475. The molecule has 0 spiro atoms. The van der Waals surface area contributed by atoms with Crippen molar-refractivity contribution in [1.82, 2.24) is 5.32 Å². The molecule has 1 aromatic carbocycles. The predicted molar refractivity (Wildman–Crippen MR) is 209 cm³/mol. The number of allylic oxidation sites excluding steroid dienone is 4. The number of carbonyl (C=O) groups is 1. The number of aliphatic hydroxyl groups is 5. The summed E-state index contributed by atoms with van der Waals surface area (Å²) in [6.45, 7) is 14.1. The molecule has 0 aromatic heterocycles. The highest BCUT2D eigenvalue weighted by Crippen LogP contribution is 2.26. The molecule has 1 aliphatic heterocycles. The van der Waals surface area contributed by atoms with Crippen molar-refractivity contribution in [3.8, 4) is 0 Å². The number of carboxylic acids is 1. The maximum Gasteiger partial charge on any atom is 0.305 e. The van der Waals surface area contributed by atoms with E-state index >= 15 is 0 Å². The van der Waals surface area contributed by atoms with Crippen molar-refractivity contribution in [1.29, 1.82) is 0 Å². The summed E-state index contributed by atoms with van der Waals surface area (Å²) in [4.78, 5) is 13.2. The molecule has 7 N–H and O–H groups in total. The highest BCUT2D eigenvalue weighted by molar-refractivity contribution is 5.67. The molecule has 1 aromatic rings. The zero-order chi connectivity index (χ0) is 38.9. The summed E-state index contributed by atoms with van der Waals surface area (Å²) in [7, 11) is 1.72. The van der Waals surface area contributed by atoms with Gasteiger partial charge < -0.3 is 45.6 Å². The van der Waals surface area contributed by atoms with Crippen molar-refractivity contribution in [2.24, 2.45) is 11.8 Å². The van der Waals surface area contributed by atoms with E-state index in [9.17, 15) is 30.3 Å². The van der Waals surface area contributed by atoms with Gasteiger partial charge in [-0.1, -0.05) is 68.9 Å². The van der Waals surface area contributed by atoms with E-state index in [0.29, 0.717) is 19.4 Å². The Hall–Kier alpha value is -2.57. The van der Waals surface area contributed by atoms with Crippen LogP contribution in [0.5, 0.6) is 0 Å². The molecule has 10 heteroatoms. The van der Waals surface area contributed by atoms with E-state index in [2.05, 4.69) is 48.3 Å². The minimum Gasteiger partial charge on any atom is -0.481 e. The van der Waals surface area contributed by atoms with Crippen molar-refractivity contribution >= 4 is 11.7 Å². The number of benzene rings is 1. The molecule has 1 aliphatic rings. The molecular weight excluding hydrogens is 660 g/mol. The Morgan fingerprint density at radius 1 is 0.981 bits per heavy atom. The van der Waals surface area contributed by atoms with E-state index < -0.39 is 47.9 Å². The molecule has 2 unspecified atom stereocenters. The minimum absolute atomic E-state index is 0.0341. The number of carboxylic acid groups (broad SMARTS) is 1. The number of hydrogen-bond donors (Lipinski definition) is 7. The van der Waals surface area contributed by atoms with Crippen LogP contribution in [0, 0.1) is 11.8 Å². The van der Waals surface area contributed by atoms with E-state index in [1.807, 2.05) is 32.1 Å². The fourth-order valence-corrected chi connectivity index (χ4v) is 7.09. The fourth-order valence-electron chi connectivity index (χ4n) is 7.09. The van der Waals surface area contributed by atoms with Crippen molar-refractivity contribution in [3.05, 3.63) is 65.8 Å². The summed E-state index contributed by atoms with van der Waals surface area (Å²) in [6, 6.07) is 7.92. The second kappa shape index (κ2) is 22.6. The first-order valence-electron chi connectivity index (χ1n) is 19.3. The highest BCUT2D eigenvalue weighted by atomic mass is 16.5. The standard InChI is InChI=1S/C42H70N2O8/c1-8-37(52-7)32(4)15-20-36(46)40(43-29-33-16-18-34(19-17-33)44-25-10-9-11-26-44)42(6,51)23-12-13-30(2)27-31(3)14-21-38(47)41(5,50)24-22-35(45)28-39(48)49/h12-14,16-19,21,23,31-32,35-38,40,43,45-47,50-51H,8-11,15,20,22,24-29H2,1-7H3,(H,48,49)/b21-14+,23-12+,30-13+/t31-,32-,35+,36-,37-,38-,40?,41+,42?/m0/s1. The lowest BCUT2D eigenvalue weighted by Gasteiger charge is -2.36. The monoisotopic (exact) mass is 731 g/mol. The largest absolute Gasteiger partial charge is 0.481 e. The molecule has 52 heavy (non-hydrogen) atoms. The van der Waals surface area contributed by atoms with Crippen LogP contribution in [0.15, 0.2) is 60.2 Å². The van der Waals surface area contributed by atoms with E-state index in [0.717, 1.165) is 37.1 Å². The van der Waals surface area contributed by atoms with Gasteiger partial charge in [-0.3, -0.25) is 4.79 Å². The number of nitrogens with one attached hydrogen (secondary N) is 1. The molecule has 0 bridgehead atoms. The third kappa shape index (κ3) is 16.2. The first-order chi connectivity index (χ1) is 24.5. The first-order valence-corrected chi connectivity index (χ1v) is 19.3. The Balaban J connectivity index is 2.08. The Labute approximate surface area is 313 Å². The molecule has 0 amide bonds. The Kier molecular flexibility index (Phi) is 19.8. The van der Waals surface area contributed by atoms with Crippen LogP contribution < -0.4 is 10.2 Å². The van der Waals surface area contributed by atoms with Gasteiger partial charge in [0, 0.05) is 32.4 Å². The average molecular weight is 731 g/mol. The highest BCUT2D eigenvalue weighted by Gasteiger charge is 2.35. The maximum atomic E-state index is 11.8. The predicted octanol–water partition coefficient (Wildman–Crippen LogP) is 5.90. The lowest BCUT2D eigenvalue weighted by molar-refractivity contribution is -0.139. The first kappa shape index (κ1) is 45.6. The van der Waals surface area contributed by atoms with Gasteiger partial charge in [-0.2, -0.15) is 0 Å². The van der Waals surface area contributed by atoms with Crippen LogP contribution in [-0.4, -0.2) is 98.5 Å². The summed E-state index contributed by atoms with van der Waals surface area (Å²) < 4.78 is 5.63. The van der Waals surface area contributed by atoms with Gasteiger partial charge in [-0.05, 0) is 108 Å². The molecule has 296 valence electrons. The zero-order valence-electron chi connectivity index (χ0n) is 32.9. The van der Waals surface area contributed by atoms with Crippen molar-refractivity contribution in [2.45, 2.75) is 154 Å². The van der Waals surface area contributed by atoms with Crippen LogP contribution in [0.3, 0.4) is 0 Å². The quantitative estimate of drug-likeness (QED) is 0.0504. The van der Waals surface area contributed by atoms with Crippen LogP contribution in [0.25, 0.3) is 0 Å². The summed E-state index contributed by atoms with van der Waals surface area (Å²) in [6.07, 6.45) is 12.2. The number of piperidine rings is 1. The molecule has 9 atom stereocenters. The van der Waals surface area contributed by atoms with Crippen molar-refractivity contribution in [2.75, 3.05) is 25.1 Å². The van der Waals surface area contributed by atoms with Gasteiger partial charge in [-0.25, -0.2) is 0 Å². The Morgan fingerprint density at radius 2 is 1.63 bits per heavy atom. The second-order valence-electron chi connectivity index (χ2n) is 15.6. The second-order valence-corrected chi connectivity index (χ2v) is 15.6. The molecule has 0 radical (unpaired) electrons. The number of nitrogens with zero attached hydrogens (tertiary/aromatic N) is 1. The van der Waals surface area contributed by atoms with Gasteiger partial charge in [0.2, 0.25) is 0 Å². The number of aliphatic hydroxyl groups excluding tert-OH is 3. The van der Waals surface area contributed by atoms with E-state index in [1.54, 1.807) is 20.1 Å². The zero-order valence-corrected chi connectivity index (χ0v) is 32.9. The van der Waals surface area contributed by atoms with Crippen molar-refractivity contribution < 1.29 is 40.2 Å². The van der Waals surface area contributed by atoms with Crippen LogP contribution in [0.2, 0.25) is 0 Å². The molecule has 0 saturated carbocycles. The summed E-state index contributed by atoms with van der Waals surface area (Å²) >= 11 is 0. The number of anilines is 1. The van der Waals surface area contributed by atoms with Gasteiger partial charge >= 0.3 is 5.97 Å². The van der Waals surface area contributed by atoms with Gasteiger partial charge in [0.15, 0.2) is 0 Å². The smallest absolute Gasteiger partial charge is 0.305 e. The van der Waals surface area contributed by atoms with Gasteiger partial charge in [0.05, 0.1) is 42.0 Å². The third-order valence-electron chi connectivity index (χ3n) is 10.6. The van der Waals surface area contributed by atoms with Crippen molar-refractivity contribution in [3.63, 3.8) is 0 Å². The summed E-state index contributed by atoms with van der Waals surface area (Å²) in [5, 5.41) is 66.6. The topological polar surface area (TPSA) is 163 Å². The number of ether oxygens (including phenoxy) is 1. The average Bonchev–Trinajstić information content (AvgIpc) is 3.09. The summed E-state index contributed by atoms with van der Waals surface area (Å²) in [5.74, 6) is -0.819. The maximum absolute atomic E-state index is 11.8. The number of methoxy groups -OCH3 is 1. The van der Waals surface area contributed by atoms with Crippen LogP contribution in [-0.2, 0) is 16.1 Å². The van der Waals surface area contributed by atoms with Crippen LogP contribution >= 0.6 is 0 Å². The van der Waals surface area contributed by atoms with E-state index in [1.165, 1.54) is 37.9 Å². The third-order valence-corrected chi connectivity index (χ3v) is 10.6. The van der Waals surface area contributed by atoms with Gasteiger partial charge in [-0.15, -0.1) is 0 Å². The van der Waals surface area contributed by atoms with Crippen LogP contribution in [0.1, 0.15) is 111 Å². The number of aliphatic carboxylic acids is 1. The van der Waals surface area contributed by atoms with E-state index in [-0.39, 0.29) is 30.8 Å². The minimum atomic E-state index is -1.51. The lowest BCUT2D eigenvalue weighted by Crippen LogP contribution is -2.54. The molecule has 0 aliphatic carbocycles. The number of hydrogen-bond acceptors (Lipinski definition) is 9.